The van der Waals surface area contributed by atoms with Crippen LogP contribution in [0, 0.1) is 5.41 Å². The molecule has 0 spiro atoms. The van der Waals surface area contributed by atoms with Crippen molar-refractivity contribution in [2.24, 2.45) is 5.41 Å². The Labute approximate surface area is 135 Å². The van der Waals surface area contributed by atoms with Gasteiger partial charge in [-0.15, -0.1) is 0 Å². The van der Waals surface area contributed by atoms with Crippen LogP contribution in [0.5, 0.6) is 0 Å². The highest BCUT2D eigenvalue weighted by atomic mass is 16.7. The van der Waals surface area contributed by atoms with Crippen molar-refractivity contribution in [2.45, 2.75) is 70.4 Å². The third-order valence-electron chi connectivity index (χ3n) is 4.75. The first-order valence-corrected chi connectivity index (χ1v) is 7.82. The van der Waals surface area contributed by atoms with Crippen molar-refractivity contribution in [3.05, 3.63) is 11.1 Å². The van der Waals surface area contributed by atoms with Gasteiger partial charge in [-0.05, 0) is 30.8 Å². The second kappa shape index (κ2) is 6.96. The van der Waals surface area contributed by atoms with E-state index < -0.39 is 37.3 Å². The van der Waals surface area contributed by atoms with Gasteiger partial charge in [0.1, 0.15) is 30.7 Å². The van der Waals surface area contributed by atoms with Crippen molar-refractivity contribution in [1.82, 2.24) is 0 Å². The molecule has 23 heavy (non-hydrogen) atoms. The largest absolute Gasteiger partial charge is 0.394 e. The summed E-state index contributed by atoms with van der Waals surface area (Å²) in [5.41, 5.74) is 1.32. The summed E-state index contributed by atoms with van der Waals surface area (Å²) >= 11 is 0. The fourth-order valence-corrected chi connectivity index (χ4v) is 3.51. The van der Waals surface area contributed by atoms with Crippen molar-refractivity contribution in [3.8, 4) is 0 Å². The number of hydrogen-bond donors (Lipinski definition) is 4. The van der Waals surface area contributed by atoms with Crippen LogP contribution in [0.4, 0.5) is 0 Å². The van der Waals surface area contributed by atoms with Crippen molar-refractivity contribution in [3.63, 3.8) is 0 Å². The van der Waals surface area contributed by atoms with E-state index in [1.807, 2.05) is 20.8 Å². The molecule has 0 aromatic heterocycles. The second-order valence-corrected chi connectivity index (χ2v) is 7.06. The SMILES string of the molecule is CC1=C(C=O)C(C)(C)CC(OC2O[C@H](CO)[C@@H](O)[C@H](O)[C@H]2O)C1. The van der Waals surface area contributed by atoms with Gasteiger partial charge in [-0.25, -0.2) is 0 Å². The lowest BCUT2D eigenvalue weighted by Crippen LogP contribution is -2.59. The zero-order valence-electron chi connectivity index (χ0n) is 13.7. The minimum Gasteiger partial charge on any atom is -0.394 e. The number of carbonyl (C=O) groups is 1. The first-order chi connectivity index (χ1) is 10.7. The summed E-state index contributed by atoms with van der Waals surface area (Å²) in [4.78, 5) is 11.2. The average Bonchev–Trinajstić information content (AvgIpc) is 2.46. The molecule has 2 rings (SSSR count). The van der Waals surface area contributed by atoms with Gasteiger partial charge < -0.3 is 29.9 Å². The van der Waals surface area contributed by atoms with Crippen LogP contribution in [-0.4, -0.2) is 70.1 Å². The Morgan fingerprint density at radius 1 is 1.26 bits per heavy atom. The number of aliphatic hydroxyl groups is 4. The summed E-state index contributed by atoms with van der Waals surface area (Å²) in [5.74, 6) is 0. The van der Waals surface area contributed by atoms with Crippen LogP contribution in [0.3, 0.4) is 0 Å². The molecule has 1 aliphatic heterocycles. The Morgan fingerprint density at radius 2 is 1.91 bits per heavy atom. The van der Waals surface area contributed by atoms with Crippen LogP contribution in [0.25, 0.3) is 0 Å². The maximum atomic E-state index is 11.2. The molecule has 0 aromatic rings. The van der Waals surface area contributed by atoms with E-state index in [4.69, 9.17) is 9.47 Å². The van der Waals surface area contributed by atoms with Crippen LogP contribution < -0.4 is 0 Å². The fourth-order valence-electron chi connectivity index (χ4n) is 3.51. The van der Waals surface area contributed by atoms with Gasteiger partial charge in [0.2, 0.25) is 0 Å². The molecule has 1 heterocycles. The molecule has 1 saturated heterocycles. The molecule has 1 aliphatic carbocycles. The van der Waals surface area contributed by atoms with E-state index in [0.717, 1.165) is 17.4 Å². The van der Waals surface area contributed by atoms with Crippen molar-refractivity contribution < 1.29 is 34.7 Å². The predicted molar refractivity (Wildman–Crippen MR) is 80.4 cm³/mol. The van der Waals surface area contributed by atoms with Crippen LogP contribution in [0.1, 0.15) is 33.6 Å². The van der Waals surface area contributed by atoms with Gasteiger partial charge in [0.25, 0.3) is 0 Å². The van der Waals surface area contributed by atoms with E-state index in [-0.39, 0.29) is 11.5 Å². The molecule has 4 N–H and O–H groups in total. The molecule has 0 amide bonds. The van der Waals surface area contributed by atoms with E-state index in [1.165, 1.54) is 0 Å². The second-order valence-electron chi connectivity index (χ2n) is 7.06. The molecular formula is C16H26O7. The number of allylic oxidation sites excluding steroid dienone is 1. The molecule has 2 aliphatic rings. The maximum Gasteiger partial charge on any atom is 0.186 e. The lowest BCUT2D eigenvalue weighted by Gasteiger charge is -2.43. The first kappa shape index (κ1) is 18.5. The minimum absolute atomic E-state index is 0.296. The molecule has 0 bridgehead atoms. The monoisotopic (exact) mass is 330 g/mol. The predicted octanol–water partition coefficient (Wildman–Crippen LogP) is -0.493. The summed E-state index contributed by atoms with van der Waals surface area (Å²) in [6, 6.07) is 0. The van der Waals surface area contributed by atoms with Gasteiger partial charge in [-0.3, -0.25) is 4.79 Å². The van der Waals surface area contributed by atoms with E-state index in [1.54, 1.807) is 0 Å². The number of rotatable bonds is 4. The van der Waals surface area contributed by atoms with Gasteiger partial charge in [0.15, 0.2) is 6.29 Å². The van der Waals surface area contributed by atoms with Gasteiger partial charge >= 0.3 is 0 Å². The first-order valence-electron chi connectivity index (χ1n) is 7.82. The van der Waals surface area contributed by atoms with E-state index >= 15 is 0 Å². The average molecular weight is 330 g/mol. The van der Waals surface area contributed by atoms with E-state index in [2.05, 4.69) is 0 Å². The number of carbonyl (C=O) groups excluding carboxylic acids is 1. The van der Waals surface area contributed by atoms with E-state index in [9.17, 15) is 25.2 Å². The van der Waals surface area contributed by atoms with Crippen molar-refractivity contribution >= 4 is 6.29 Å². The standard InChI is InChI=1S/C16H26O7/c1-8-4-9(5-16(2,3)10(8)6-17)22-15-14(21)13(20)12(19)11(7-18)23-15/h6,9,11-15,18-21H,4-5,7H2,1-3H3/t9?,11-,12-,13+,14-,15?/m1/s1. The summed E-state index contributed by atoms with van der Waals surface area (Å²) in [6.07, 6.45) is -4.73. The molecular weight excluding hydrogens is 304 g/mol. The molecule has 6 atom stereocenters. The number of aliphatic hydroxyl groups excluding tert-OH is 4. The summed E-state index contributed by atoms with van der Waals surface area (Å²) in [6.45, 7) is 5.27. The molecule has 7 nitrogen and oxygen atoms in total. The molecule has 132 valence electrons. The lowest BCUT2D eigenvalue weighted by atomic mass is 9.72. The molecule has 0 saturated carbocycles. The Kier molecular flexibility index (Phi) is 5.60. The third kappa shape index (κ3) is 3.65. The lowest BCUT2D eigenvalue weighted by molar-refractivity contribution is -0.312. The minimum atomic E-state index is -1.45. The topological polar surface area (TPSA) is 116 Å². The molecule has 1 fully saturated rings. The number of hydrogen-bond acceptors (Lipinski definition) is 7. The highest BCUT2D eigenvalue weighted by Gasteiger charge is 2.45. The highest BCUT2D eigenvalue weighted by Crippen LogP contribution is 2.41. The Bertz CT molecular complexity index is 471. The Morgan fingerprint density at radius 3 is 2.43 bits per heavy atom. The van der Waals surface area contributed by atoms with Gasteiger partial charge in [-0.2, -0.15) is 0 Å². The van der Waals surface area contributed by atoms with Crippen LogP contribution in [0.2, 0.25) is 0 Å². The van der Waals surface area contributed by atoms with Gasteiger partial charge in [0.05, 0.1) is 12.7 Å². The maximum absolute atomic E-state index is 11.2. The quantitative estimate of drug-likeness (QED) is 0.514. The van der Waals surface area contributed by atoms with Gasteiger partial charge in [-0.1, -0.05) is 19.4 Å². The van der Waals surface area contributed by atoms with Gasteiger partial charge in [0, 0.05) is 0 Å². The zero-order chi connectivity index (χ0) is 17.4. The third-order valence-corrected chi connectivity index (χ3v) is 4.75. The molecule has 2 unspecified atom stereocenters. The normalized spacial score (nSPS) is 41.0. The summed E-state index contributed by atoms with van der Waals surface area (Å²) in [7, 11) is 0. The van der Waals surface area contributed by atoms with Crippen LogP contribution in [-0.2, 0) is 14.3 Å². The molecule has 0 aromatic carbocycles. The Balaban J connectivity index is 2.10. The van der Waals surface area contributed by atoms with Crippen molar-refractivity contribution in [2.75, 3.05) is 6.61 Å². The summed E-state index contributed by atoms with van der Waals surface area (Å²) < 4.78 is 11.2. The zero-order valence-corrected chi connectivity index (χ0v) is 13.7. The van der Waals surface area contributed by atoms with E-state index in [0.29, 0.717) is 12.8 Å². The number of ether oxygens (including phenoxy) is 2. The van der Waals surface area contributed by atoms with Crippen LogP contribution in [0.15, 0.2) is 11.1 Å². The number of aldehydes is 1. The summed E-state index contributed by atoms with van der Waals surface area (Å²) in [5, 5.41) is 38.8. The van der Waals surface area contributed by atoms with Crippen molar-refractivity contribution in [1.29, 1.82) is 0 Å². The molecule has 0 radical (unpaired) electrons. The smallest absolute Gasteiger partial charge is 0.186 e. The fraction of sp³-hybridized carbons (Fsp3) is 0.812. The molecule has 7 heteroatoms. The van der Waals surface area contributed by atoms with Crippen LogP contribution >= 0.6 is 0 Å². The highest BCUT2D eigenvalue weighted by molar-refractivity contribution is 5.77. The Hall–Kier alpha value is -0.830.